The van der Waals surface area contributed by atoms with Crippen LogP contribution in [0.4, 0.5) is 0 Å². The molecule has 3 nitrogen and oxygen atoms in total. The van der Waals surface area contributed by atoms with Gasteiger partial charge in [-0.2, -0.15) is 0 Å². The topological polar surface area (TPSA) is 54.4 Å². The summed E-state index contributed by atoms with van der Waals surface area (Å²) >= 11 is 0. The third-order valence-electron chi connectivity index (χ3n) is 3.79. The van der Waals surface area contributed by atoms with Crippen LogP contribution in [0.2, 0.25) is 0 Å². The van der Waals surface area contributed by atoms with Gasteiger partial charge in [0.05, 0.1) is 5.56 Å². The zero-order valence-electron chi connectivity index (χ0n) is 14.5. The van der Waals surface area contributed by atoms with Gasteiger partial charge in [0.25, 0.3) is 0 Å². The largest absolute Gasteiger partial charge is 0.507 e. The first-order valence-corrected chi connectivity index (χ1v) is 7.85. The van der Waals surface area contributed by atoms with Crippen molar-refractivity contribution in [3.05, 3.63) is 70.8 Å². The average molecular weight is 322 g/mol. The van der Waals surface area contributed by atoms with Crippen molar-refractivity contribution in [2.24, 2.45) is 0 Å². The number of carbonyl (C=O) groups excluding carboxylic acids is 2. The molecule has 0 aliphatic heterocycles. The molecule has 0 saturated carbocycles. The third kappa shape index (κ3) is 4.19. The molecule has 124 valence electrons. The number of aromatic hydroxyl groups is 1. The highest BCUT2D eigenvalue weighted by atomic mass is 16.3. The molecule has 1 N–H and O–H groups in total. The molecule has 0 amide bonds. The van der Waals surface area contributed by atoms with Crippen LogP contribution in [0.5, 0.6) is 5.75 Å². The summed E-state index contributed by atoms with van der Waals surface area (Å²) in [6.45, 7) is 7.66. The van der Waals surface area contributed by atoms with Crippen LogP contribution in [-0.2, 0) is 10.2 Å². The summed E-state index contributed by atoms with van der Waals surface area (Å²) in [4.78, 5) is 23.7. The molecule has 3 heteroatoms. The number of rotatable bonds is 4. The Hall–Kier alpha value is -2.68. The zero-order chi connectivity index (χ0) is 17.9. The number of phenols is 1. The number of phenolic OH excluding ortho intramolecular Hbond substituents is 1. The summed E-state index contributed by atoms with van der Waals surface area (Å²) in [5.74, 6) is -0.270. The van der Waals surface area contributed by atoms with Crippen LogP contribution < -0.4 is 0 Å². The second kappa shape index (κ2) is 6.83. The maximum absolute atomic E-state index is 12.7. The lowest BCUT2D eigenvalue weighted by atomic mass is 9.85. The highest BCUT2D eigenvalue weighted by Crippen LogP contribution is 2.29. The maximum Gasteiger partial charge on any atom is 0.196 e. The van der Waals surface area contributed by atoms with Crippen LogP contribution in [0.15, 0.2) is 48.5 Å². The minimum absolute atomic E-state index is 0.0199. The van der Waals surface area contributed by atoms with Gasteiger partial charge in [0.2, 0.25) is 0 Å². The first kappa shape index (κ1) is 17.7. The van der Waals surface area contributed by atoms with Gasteiger partial charge in [-0.3, -0.25) is 9.59 Å². The van der Waals surface area contributed by atoms with E-state index in [0.717, 1.165) is 11.1 Å². The molecule has 0 spiro atoms. The molecule has 0 fully saturated rings. The Morgan fingerprint density at radius 3 is 2.17 bits per heavy atom. The number of hydrogen-bond donors (Lipinski definition) is 1. The summed E-state index contributed by atoms with van der Waals surface area (Å²) in [7, 11) is 0. The van der Waals surface area contributed by atoms with E-state index in [1.54, 1.807) is 42.5 Å². The highest BCUT2D eigenvalue weighted by molar-refractivity contribution is 6.10. The van der Waals surface area contributed by atoms with E-state index in [9.17, 15) is 14.7 Å². The Balaban J connectivity index is 2.33. The highest BCUT2D eigenvalue weighted by Gasteiger charge is 2.19. The Kier molecular flexibility index (Phi) is 5.03. The van der Waals surface area contributed by atoms with Crippen LogP contribution >= 0.6 is 0 Å². The Labute approximate surface area is 142 Å². The molecule has 2 aromatic carbocycles. The molecule has 0 aliphatic rings. The van der Waals surface area contributed by atoms with E-state index in [0.29, 0.717) is 11.1 Å². The molecule has 24 heavy (non-hydrogen) atoms. The molecule has 0 unspecified atom stereocenters. The van der Waals surface area contributed by atoms with Crippen molar-refractivity contribution in [1.29, 1.82) is 0 Å². The lowest BCUT2D eigenvalue weighted by Gasteiger charge is -2.20. The van der Waals surface area contributed by atoms with Crippen molar-refractivity contribution in [2.75, 3.05) is 0 Å². The molecular formula is C21H22O3. The number of benzene rings is 2. The fourth-order valence-corrected chi connectivity index (χ4v) is 2.30. The van der Waals surface area contributed by atoms with Gasteiger partial charge in [0.15, 0.2) is 11.6 Å². The normalized spacial score (nSPS) is 11.7. The quantitative estimate of drug-likeness (QED) is 0.665. The monoisotopic (exact) mass is 322 g/mol. The van der Waals surface area contributed by atoms with Crippen LogP contribution in [0.25, 0.3) is 6.08 Å². The molecule has 0 aromatic heterocycles. The van der Waals surface area contributed by atoms with E-state index in [4.69, 9.17) is 0 Å². The lowest BCUT2D eigenvalue weighted by molar-refractivity contribution is -0.112. The van der Waals surface area contributed by atoms with Crippen molar-refractivity contribution in [1.82, 2.24) is 0 Å². The molecule has 0 bridgehead atoms. The summed E-state index contributed by atoms with van der Waals surface area (Å²) in [5.41, 5.74) is 2.52. The predicted octanol–water partition coefficient (Wildman–Crippen LogP) is 4.52. The summed E-state index contributed by atoms with van der Waals surface area (Å²) in [6, 6.07) is 12.1. The molecule has 0 saturated heterocycles. The fourth-order valence-electron chi connectivity index (χ4n) is 2.30. The summed E-state index contributed by atoms with van der Waals surface area (Å²) in [6.07, 6.45) is 3.18. The second-order valence-electron chi connectivity index (χ2n) is 6.88. The van der Waals surface area contributed by atoms with Gasteiger partial charge in [-0.05, 0) is 41.7 Å². The van der Waals surface area contributed by atoms with E-state index in [2.05, 4.69) is 20.8 Å². The average Bonchev–Trinajstić information content (AvgIpc) is 2.52. The molecule has 0 aliphatic carbocycles. The molecule has 2 rings (SSSR count). The van der Waals surface area contributed by atoms with Crippen LogP contribution in [0, 0.1) is 0 Å². The first-order valence-electron chi connectivity index (χ1n) is 7.85. The van der Waals surface area contributed by atoms with Crippen molar-refractivity contribution in [3.8, 4) is 5.75 Å². The maximum atomic E-state index is 12.7. The van der Waals surface area contributed by atoms with Crippen molar-refractivity contribution >= 4 is 17.6 Å². The molecule has 2 aromatic rings. The third-order valence-corrected chi connectivity index (χ3v) is 3.79. The minimum Gasteiger partial charge on any atom is -0.507 e. The van der Waals surface area contributed by atoms with Crippen molar-refractivity contribution in [3.63, 3.8) is 0 Å². The van der Waals surface area contributed by atoms with E-state index in [1.165, 1.54) is 13.0 Å². The van der Waals surface area contributed by atoms with Gasteiger partial charge < -0.3 is 5.11 Å². The number of hydrogen-bond acceptors (Lipinski definition) is 3. The fraction of sp³-hybridized carbons (Fsp3) is 0.238. The van der Waals surface area contributed by atoms with Crippen LogP contribution in [0.3, 0.4) is 0 Å². The Morgan fingerprint density at radius 1 is 1.00 bits per heavy atom. The predicted molar refractivity (Wildman–Crippen MR) is 96.4 cm³/mol. The van der Waals surface area contributed by atoms with Gasteiger partial charge in [0, 0.05) is 5.56 Å². The first-order chi connectivity index (χ1) is 11.2. The van der Waals surface area contributed by atoms with E-state index in [1.807, 2.05) is 6.07 Å². The smallest absolute Gasteiger partial charge is 0.196 e. The Morgan fingerprint density at radius 2 is 1.62 bits per heavy atom. The van der Waals surface area contributed by atoms with Gasteiger partial charge in [-0.1, -0.05) is 57.2 Å². The Bertz CT molecular complexity index is 791. The minimum atomic E-state index is -0.222. The molecule has 0 radical (unpaired) electrons. The van der Waals surface area contributed by atoms with Crippen molar-refractivity contribution < 1.29 is 14.7 Å². The molecule has 0 heterocycles. The molecule has 0 atom stereocenters. The van der Waals surface area contributed by atoms with Crippen molar-refractivity contribution in [2.45, 2.75) is 33.1 Å². The van der Waals surface area contributed by atoms with Crippen LogP contribution in [-0.4, -0.2) is 16.7 Å². The van der Waals surface area contributed by atoms with Gasteiger partial charge in [0.1, 0.15) is 5.75 Å². The standard InChI is InChI=1S/C21H22O3/c1-14(22)5-6-15-7-9-16(10-8-15)20(24)18-13-17(21(2,3)4)11-12-19(18)23/h5-13,23H,1-4H3. The van der Waals surface area contributed by atoms with E-state index >= 15 is 0 Å². The van der Waals surface area contributed by atoms with Gasteiger partial charge in [-0.15, -0.1) is 0 Å². The van der Waals surface area contributed by atoms with E-state index in [-0.39, 0.29) is 22.7 Å². The lowest BCUT2D eigenvalue weighted by Crippen LogP contribution is -2.12. The zero-order valence-corrected chi connectivity index (χ0v) is 14.5. The van der Waals surface area contributed by atoms with Gasteiger partial charge in [-0.25, -0.2) is 0 Å². The number of ketones is 2. The number of allylic oxidation sites excluding steroid dienone is 1. The van der Waals surface area contributed by atoms with Gasteiger partial charge >= 0.3 is 0 Å². The second-order valence-corrected chi connectivity index (χ2v) is 6.88. The van der Waals surface area contributed by atoms with E-state index < -0.39 is 0 Å². The number of carbonyl (C=O) groups is 2. The summed E-state index contributed by atoms with van der Waals surface area (Å²) in [5, 5.41) is 10.1. The SMILES string of the molecule is CC(=O)C=Cc1ccc(C(=O)c2cc(C(C)(C)C)ccc2O)cc1. The van der Waals surface area contributed by atoms with Crippen LogP contribution in [0.1, 0.15) is 54.7 Å². The molecular weight excluding hydrogens is 300 g/mol. The summed E-state index contributed by atoms with van der Waals surface area (Å²) < 4.78 is 0.